The van der Waals surface area contributed by atoms with Crippen molar-refractivity contribution in [1.82, 2.24) is 9.62 Å². The van der Waals surface area contributed by atoms with Crippen LogP contribution in [0.4, 0.5) is 0 Å². The summed E-state index contributed by atoms with van der Waals surface area (Å²) < 4.78 is 27.9. The molecular weight excluding hydrogens is 274 g/mol. The highest BCUT2D eigenvalue weighted by Crippen LogP contribution is 2.21. The van der Waals surface area contributed by atoms with E-state index in [4.69, 9.17) is 5.73 Å². The highest BCUT2D eigenvalue weighted by molar-refractivity contribution is 7.89. The zero-order chi connectivity index (χ0) is 14.9. The first-order chi connectivity index (χ1) is 9.33. The Labute approximate surface area is 121 Å². The van der Waals surface area contributed by atoms with Crippen LogP contribution in [0, 0.1) is 13.8 Å². The lowest BCUT2D eigenvalue weighted by atomic mass is 10.1. The van der Waals surface area contributed by atoms with Crippen molar-refractivity contribution in [2.75, 3.05) is 20.1 Å². The van der Waals surface area contributed by atoms with Crippen LogP contribution in [-0.2, 0) is 16.6 Å². The molecule has 1 saturated heterocycles. The molecule has 0 saturated carbocycles. The fourth-order valence-corrected chi connectivity index (χ4v) is 4.24. The van der Waals surface area contributed by atoms with Crippen molar-refractivity contribution >= 4 is 10.0 Å². The van der Waals surface area contributed by atoms with E-state index in [1.807, 2.05) is 27.0 Å². The predicted octanol–water partition coefficient (Wildman–Crippen LogP) is 0.745. The van der Waals surface area contributed by atoms with Crippen LogP contribution in [0.1, 0.15) is 23.1 Å². The van der Waals surface area contributed by atoms with Crippen LogP contribution in [-0.4, -0.2) is 39.5 Å². The van der Waals surface area contributed by atoms with Gasteiger partial charge in [-0.1, -0.05) is 6.07 Å². The van der Waals surface area contributed by atoms with Crippen molar-refractivity contribution < 1.29 is 8.42 Å². The summed E-state index contributed by atoms with van der Waals surface area (Å²) in [6.07, 6.45) is 0.852. The highest BCUT2D eigenvalue weighted by Gasteiger charge is 2.26. The van der Waals surface area contributed by atoms with Gasteiger partial charge < -0.3 is 10.6 Å². The minimum Gasteiger partial charge on any atom is -0.326 e. The number of nitrogens with one attached hydrogen (secondary N) is 1. The molecule has 3 N–H and O–H groups in total. The van der Waals surface area contributed by atoms with Gasteiger partial charge >= 0.3 is 0 Å². The van der Waals surface area contributed by atoms with Crippen molar-refractivity contribution in [2.45, 2.75) is 37.8 Å². The van der Waals surface area contributed by atoms with E-state index in [9.17, 15) is 8.42 Å². The number of hydrogen-bond donors (Lipinski definition) is 2. The maximum absolute atomic E-state index is 12.5. The fraction of sp³-hybridized carbons (Fsp3) is 0.571. The van der Waals surface area contributed by atoms with E-state index in [-0.39, 0.29) is 6.04 Å². The van der Waals surface area contributed by atoms with E-state index in [0.29, 0.717) is 11.4 Å². The van der Waals surface area contributed by atoms with Crippen LogP contribution in [0.5, 0.6) is 0 Å². The van der Waals surface area contributed by atoms with Gasteiger partial charge in [0.25, 0.3) is 0 Å². The van der Waals surface area contributed by atoms with Crippen molar-refractivity contribution in [3.8, 4) is 0 Å². The monoisotopic (exact) mass is 297 g/mol. The first-order valence-electron chi connectivity index (χ1n) is 6.84. The molecule has 1 aromatic carbocycles. The van der Waals surface area contributed by atoms with E-state index in [2.05, 4.69) is 9.62 Å². The van der Waals surface area contributed by atoms with Gasteiger partial charge in [0, 0.05) is 19.1 Å². The minimum absolute atomic E-state index is 0.00738. The Hall–Kier alpha value is -0.950. The van der Waals surface area contributed by atoms with Crippen LogP contribution < -0.4 is 10.5 Å². The average molecular weight is 297 g/mol. The number of nitrogens with zero attached hydrogens (tertiary/aromatic N) is 1. The SMILES string of the molecule is Cc1cc(C)c(S(=O)(=O)NC2CCN(C)C2)cc1CN. The Morgan fingerprint density at radius 3 is 2.60 bits per heavy atom. The summed E-state index contributed by atoms with van der Waals surface area (Å²) >= 11 is 0. The van der Waals surface area contributed by atoms with E-state index in [1.165, 1.54) is 0 Å². The van der Waals surface area contributed by atoms with Gasteiger partial charge in [-0.25, -0.2) is 13.1 Å². The quantitative estimate of drug-likeness (QED) is 0.860. The molecular formula is C14H23N3O2S. The van der Waals surface area contributed by atoms with Crippen LogP contribution in [0.2, 0.25) is 0 Å². The number of rotatable bonds is 4. The summed E-state index contributed by atoms with van der Waals surface area (Å²) in [7, 11) is -1.48. The van der Waals surface area contributed by atoms with Crippen molar-refractivity contribution in [2.24, 2.45) is 5.73 Å². The predicted molar refractivity (Wildman–Crippen MR) is 80.0 cm³/mol. The third-order valence-corrected chi connectivity index (χ3v) is 5.52. The lowest BCUT2D eigenvalue weighted by Crippen LogP contribution is -2.36. The molecule has 1 aliphatic heterocycles. The fourth-order valence-electron chi connectivity index (χ4n) is 2.70. The minimum atomic E-state index is -3.48. The summed E-state index contributed by atoms with van der Waals surface area (Å²) in [4.78, 5) is 2.47. The van der Waals surface area contributed by atoms with Gasteiger partial charge in [-0.2, -0.15) is 0 Å². The molecule has 5 nitrogen and oxygen atoms in total. The summed E-state index contributed by atoms with van der Waals surface area (Å²) in [6, 6.07) is 3.58. The van der Waals surface area contributed by atoms with Crippen molar-refractivity contribution in [1.29, 1.82) is 0 Å². The van der Waals surface area contributed by atoms with Gasteiger partial charge in [0.2, 0.25) is 10.0 Å². The Bertz CT molecular complexity index is 599. The molecule has 6 heteroatoms. The molecule has 1 aliphatic rings. The van der Waals surface area contributed by atoms with Gasteiger partial charge in [-0.3, -0.25) is 0 Å². The molecule has 0 spiro atoms. The third kappa shape index (κ3) is 3.20. The second-order valence-corrected chi connectivity index (χ2v) is 7.30. The number of likely N-dealkylation sites (tertiary alicyclic amines) is 1. The molecule has 0 radical (unpaired) electrons. The lowest BCUT2D eigenvalue weighted by molar-refractivity contribution is 0.407. The number of hydrogen-bond acceptors (Lipinski definition) is 4. The zero-order valence-corrected chi connectivity index (χ0v) is 13.1. The Kier molecular flexibility index (Phi) is 4.49. The largest absolute Gasteiger partial charge is 0.326 e. The van der Waals surface area contributed by atoms with E-state index in [0.717, 1.165) is 36.2 Å². The smallest absolute Gasteiger partial charge is 0.241 e. The summed E-state index contributed by atoms with van der Waals surface area (Å²) in [5.41, 5.74) is 8.34. The molecule has 1 fully saturated rings. The molecule has 0 amide bonds. The van der Waals surface area contributed by atoms with Crippen molar-refractivity contribution in [3.05, 3.63) is 28.8 Å². The Morgan fingerprint density at radius 2 is 2.05 bits per heavy atom. The van der Waals surface area contributed by atoms with Crippen LogP contribution >= 0.6 is 0 Å². The highest BCUT2D eigenvalue weighted by atomic mass is 32.2. The van der Waals surface area contributed by atoms with E-state index < -0.39 is 10.0 Å². The van der Waals surface area contributed by atoms with Crippen LogP contribution in [0.3, 0.4) is 0 Å². The van der Waals surface area contributed by atoms with E-state index >= 15 is 0 Å². The molecule has 0 bridgehead atoms. The normalized spacial score (nSPS) is 20.5. The maximum Gasteiger partial charge on any atom is 0.241 e. The van der Waals surface area contributed by atoms with Crippen LogP contribution in [0.25, 0.3) is 0 Å². The van der Waals surface area contributed by atoms with Gasteiger partial charge in [0.15, 0.2) is 0 Å². The van der Waals surface area contributed by atoms with Crippen molar-refractivity contribution in [3.63, 3.8) is 0 Å². The maximum atomic E-state index is 12.5. The summed E-state index contributed by atoms with van der Waals surface area (Å²) in [6.45, 7) is 5.80. The van der Waals surface area contributed by atoms with Crippen LogP contribution in [0.15, 0.2) is 17.0 Å². The molecule has 1 heterocycles. The Balaban J connectivity index is 2.29. The zero-order valence-electron chi connectivity index (χ0n) is 12.3. The first kappa shape index (κ1) is 15.4. The standard InChI is InChI=1S/C14H23N3O2S/c1-10-6-11(2)14(7-12(10)8-15)20(18,19)16-13-4-5-17(3)9-13/h6-7,13,16H,4-5,8-9,15H2,1-3H3. The number of aryl methyl sites for hydroxylation is 2. The molecule has 0 aromatic heterocycles. The lowest BCUT2D eigenvalue weighted by Gasteiger charge is -2.16. The summed E-state index contributed by atoms with van der Waals surface area (Å²) in [5, 5.41) is 0. The number of benzene rings is 1. The van der Waals surface area contributed by atoms with Gasteiger partial charge in [0.1, 0.15) is 0 Å². The second-order valence-electron chi connectivity index (χ2n) is 5.62. The average Bonchev–Trinajstić information content (AvgIpc) is 2.73. The van der Waals surface area contributed by atoms with Gasteiger partial charge in [-0.05, 0) is 56.6 Å². The number of sulfonamides is 1. The topological polar surface area (TPSA) is 75.4 Å². The molecule has 112 valence electrons. The molecule has 1 unspecified atom stereocenters. The molecule has 0 aliphatic carbocycles. The van der Waals surface area contributed by atoms with E-state index in [1.54, 1.807) is 6.07 Å². The molecule has 2 rings (SSSR count). The number of likely N-dealkylation sites (N-methyl/N-ethyl adjacent to an activating group) is 1. The first-order valence-corrected chi connectivity index (χ1v) is 8.33. The van der Waals surface area contributed by atoms with Gasteiger partial charge in [-0.15, -0.1) is 0 Å². The Morgan fingerprint density at radius 1 is 1.35 bits per heavy atom. The molecule has 20 heavy (non-hydrogen) atoms. The summed E-state index contributed by atoms with van der Waals surface area (Å²) in [5.74, 6) is 0. The molecule has 1 atom stereocenters. The van der Waals surface area contributed by atoms with Gasteiger partial charge in [0.05, 0.1) is 4.90 Å². The number of nitrogens with two attached hydrogens (primary N) is 1. The third-order valence-electron chi connectivity index (χ3n) is 3.86. The molecule has 1 aromatic rings. The second kappa shape index (κ2) is 5.81.